The number of nitrogens with one attached hydrogen (secondary N) is 2. The molecule has 1 aromatic heterocycles. The van der Waals surface area contributed by atoms with E-state index in [1.54, 1.807) is 30.3 Å². The lowest BCUT2D eigenvalue weighted by Gasteiger charge is -2.26. The van der Waals surface area contributed by atoms with E-state index < -0.39 is 6.04 Å². The van der Waals surface area contributed by atoms with Gasteiger partial charge in [-0.2, -0.15) is 15.8 Å². The minimum atomic E-state index is -0.718. The summed E-state index contributed by atoms with van der Waals surface area (Å²) in [6, 6.07) is 15.8. The first-order valence-electron chi connectivity index (χ1n) is 10.3. The minimum absolute atomic E-state index is 0.0350. The molecule has 1 aliphatic rings. The van der Waals surface area contributed by atoms with Crippen molar-refractivity contribution in [3.05, 3.63) is 70.3 Å². The maximum Gasteiger partial charge on any atom is 0.211 e. The van der Waals surface area contributed by atoms with Gasteiger partial charge in [-0.05, 0) is 23.8 Å². The van der Waals surface area contributed by atoms with Crippen molar-refractivity contribution < 1.29 is 9.47 Å². The molecule has 1 atom stereocenters. The molecule has 0 aliphatic carbocycles. The van der Waals surface area contributed by atoms with Crippen LogP contribution in [0.4, 0.5) is 17.3 Å². The van der Waals surface area contributed by atoms with Gasteiger partial charge in [0.2, 0.25) is 5.96 Å². The molecule has 35 heavy (non-hydrogen) atoms. The molecule has 0 radical (unpaired) electrons. The number of hydrogen-bond acceptors (Lipinski definition) is 11. The summed E-state index contributed by atoms with van der Waals surface area (Å²) in [6.07, 6.45) is 1.81. The fourth-order valence-electron chi connectivity index (χ4n) is 3.71. The van der Waals surface area contributed by atoms with Gasteiger partial charge in [-0.25, -0.2) is 9.98 Å². The second-order valence-corrected chi connectivity index (χ2v) is 7.37. The van der Waals surface area contributed by atoms with E-state index in [0.29, 0.717) is 28.2 Å². The first-order valence-corrected chi connectivity index (χ1v) is 10.3. The molecule has 3 aromatic rings. The summed E-state index contributed by atoms with van der Waals surface area (Å²) in [5.41, 5.74) is 14.7. The number of fused-ring (bicyclic) bond motifs is 1. The number of nitrogens with two attached hydrogens (primary N) is 2. The molecular formula is C24H19N9O2. The number of anilines is 3. The fourth-order valence-corrected chi connectivity index (χ4v) is 3.71. The van der Waals surface area contributed by atoms with E-state index in [-0.39, 0.29) is 35.5 Å². The number of benzene rings is 2. The van der Waals surface area contributed by atoms with E-state index in [1.807, 2.05) is 24.4 Å². The minimum Gasteiger partial charge on any atom is -0.493 e. The van der Waals surface area contributed by atoms with Gasteiger partial charge >= 0.3 is 0 Å². The molecular weight excluding hydrogens is 446 g/mol. The van der Waals surface area contributed by atoms with Crippen LogP contribution in [0.2, 0.25) is 0 Å². The van der Waals surface area contributed by atoms with Gasteiger partial charge in [0, 0.05) is 11.1 Å². The molecule has 0 saturated heterocycles. The van der Waals surface area contributed by atoms with Crippen LogP contribution in [0.5, 0.6) is 11.5 Å². The van der Waals surface area contributed by atoms with Crippen molar-refractivity contribution in [1.29, 1.82) is 15.8 Å². The third-order valence-electron chi connectivity index (χ3n) is 5.38. The van der Waals surface area contributed by atoms with E-state index in [1.165, 1.54) is 7.11 Å². The molecule has 6 N–H and O–H groups in total. The lowest BCUT2D eigenvalue weighted by atomic mass is 9.95. The number of hydrogen-bond donors (Lipinski definition) is 4. The molecule has 0 bridgehead atoms. The average molecular weight is 465 g/mol. The van der Waals surface area contributed by atoms with Crippen LogP contribution < -0.4 is 31.6 Å². The highest BCUT2D eigenvalue weighted by Gasteiger charge is 2.30. The van der Waals surface area contributed by atoms with E-state index in [0.717, 1.165) is 5.56 Å². The number of nitrogen functional groups attached to an aromatic ring is 2. The summed E-state index contributed by atoms with van der Waals surface area (Å²) in [7, 11) is 1.50. The Kier molecular flexibility index (Phi) is 6.21. The molecule has 0 saturated carbocycles. The van der Waals surface area contributed by atoms with Gasteiger partial charge in [0.25, 0.3) is 0 Å². The van der Waals surface area contributed by atoms with Crippen molar-refractivity contribution in [2.75, 3.05) is 23.9 Å². The number of nitrogens with zero attached hydrogens (tertiary/aromatic N) is 5. The molecule has 0 amide bonds. The molecule has 0 fully saturated rings. The molecule has 4 rings (SSSR count). The van der Waals surface area contributed by atoms with Crippen molar-refractivity contribution in [3.8, 4) is 29.8 Å². The summed E-state index contributed by atoms with van der Waals surface area (Å²) in [6.45, 7) is 0.172. The Morgan fingerprint density at radius 2 is 1.89 bits per heavy atom. The topological polar surface area (TPSA) is 191 Å². The van der Waals surface area contributed by atoms with Crippen LogP contribution in [0.15, 0.2) is 47.5 Å². The summed E-state index contributed by atoms with van der Waals surface area (Å²) in [5, 5.41) is 33.2. The third-order valence-corrected chi connectivity index (χ3v) is 5.38. The second-order valence-electron chi connectivity index (χ2n) is 7.37. The van der Waals surface area contributed by atoms with Crippen LogP contribution in [0, 0.1) is 34.1 Å². The Hall–Kier alpha value is -5.47. The number of ether oxygens (including phenoxy) is 2. The zero-order valence-electron chi connectivity index (χ0n) is 18.5. The molecule has 2 aromatic carbocycles. The predicted octanol–water partition coefficient (Wildman–Crippen LogP) is 2.52. The molecule has 172 valence electrons. The van der Waals surface area contributed by atoms with Crippen molar-refractivity contribution in [2.45, 2.75) is 12.6 Å². The molecule has 11 nitrogen and oxygen atoms in total. The van der Waals surface area contributed by atoms with Crippen LogP contribution in [0.3, 0.4) is 0 Å². The number of aliphatic imine (C=N–C) groups is 1. The smallest absolute Gasteiger partial charge is 0.211 e. The maximum absolute atomic E-state index is 9.48. The van der Waals surface area contributed by atoms with Gasteiger partial charge in [-0.15, -0.1) is 0 Å². The van der Waals surface area contributed by atoms with Crippen molar-refractivity contribution in [3.63, 3.8) is 0 Å². The summed E-state index contributed by atoms with van der Waals surface area (Å²) in [4.78, 5) is 8.78. The van der Waals surface area contributed by atoms with Crippen LogP contribution in [0.25, 0.3) is 0 Å². The van der Waals surface area contributed by atoms with Crippen molar-refractivity contribution in [2.24, 2.45) is 4.99 Å². The highest BCUT2D eigenvalue weighted by Crippen LogP contribution is 2.42. The van der Waals surface area contributed by atoms with Crippen LogP contribution in [-0.2, 0) is 6.61 Å². The molecule has 1 aliphatic heterocycles. The largest absolute Gasteiger partial charge is 0.493 e. The second kappa shape index (κ2) is 9.57. The van der Waals surface area contributed by atoms with Gasteiger partial charge in [0.15, 0.2) is 17.7 Å². The van der Waals surface area contributed by atoms with Crippen LogP contribution in [0.1, 0.15) is 33.9 Å². The normalized spacial score (nSPS) is 13.7. The predicted molar refractivity (Wildman–Crippen MR) is 128 cm³/mol. The Morgan fingerprint density at radius 1 is 1.09 bits per heavy atom. The summed E-state index contributed by atoms with van der Waals surface area (Å²) < 4.78 is 11.5. The SMILES string of the molecule is COc1cc(C2N=C(NC#N)Nc3nc(N)c(C#N)c(N)c32)ccc1OCc1ccccc1C#N. The first-order chi connectivity index (χ1) is 17.0. The maximum atomic E-state index is 9.48. The number of aromatic nitrogens is 1. The van der Waals surface area contributed by atoms with Gasteiger partial charge in [-0.3, -0.25) is 5.32 Å². The van der Waals surface area contributed by atoms with E-state index >= 15 is 0 Å². The number of guanidine groups is 1. The lowest BCUT2D eigenvalue weighted by Crippen LogP contribution is -2.32. The molecule has 2 heterocycles. The Bertz CT molecular complexity index is 1460. The van der Waals surface area contributed by atoms with Crippen molar-refractivity contribution in [1.82, 2.24) is 10.3 Å². The molecule has 1 unspecified atom stereocenters. The average Bonchev–Trinajstić information content (AvgIpc) is 2.87. The summed E-state index contributed by atoms with van der Waals surface area (Å²) in [5.74, 6) is 1.27. The van der Waals surface area contributed by atoms with Gasteiger partial charge in [-0.1, -0.05) is 24.3 Å². The zero-order chi connectivity index (χ0) is 24.9. The number of rotatable bonds is 5. The van der Waals surface area contributed by atoms with Crippen LogP contribution in [-0.4, -0.2) is 18.1 Å². The Balaban J connectivity index is 1.74. The Morgan fingerprint density at radius 3 is 2.60 bits per heavy atom. The van der Waals surface area contributed by atoms with Gasteiger partial charge < -0.3 is 26.3 Å². The molecule has 0 spiro atoms. The quantitative estimate of drug-likeness (QED) is 0.321. The third kappa shape index (κ3) is 4.28. The Labute approximate surface area is 200 Å². The van der Waals surface area contributed by atoms with Crippen molar-refractivity contribution >= 4 is 23.3 Å². The zero-order valence-corrected chi connectivity index (χ0v) is 18.5. The fraction of sp³-hybridized carbons (Fsp3) is 0.125. The summed E-state index contributed by atoms with van der Waals surface area (Å²) >= 11 is 0. The van der Waals surface area contributed by atoms with Gasteiger partial charge in [0.1, 0.15) is 35.9 Å². The van der Waals surface area contributed by atoms with E-state index in [2.05, 4.69) is 26.7 Å². The first kappa shape index (κ1) is 22.7. The van der Waals surface area contributed by atoms with Crippen LogP contribution >= 0.6 is 0 Å². The van der Waals surface area contributed by atoms with E-state index in [4.69, 9.17) is 26.2 Å². The number of nitriles is 3. The standard InChI is InChI=1S/C24H19N9O2/c1-34-18-8-13(6-7-17(18)35-11-15-5-3-2-4-14(15)9-25)21-19-20(28)16(10-26)22(29)32-23(19)33-24(31-21)30-12-27/h2-8,21H,11H2,1H3,(H6,28,29,30,31,32,33). The van der Waals surface area contributed by atoms with Gasteiger partial charge in [0.05, 0.1) is 24.4 Å². The number of pyridine rings is 1. The highest BCUT2D eigenvalue weighted by molar-refractivity contribution is 5.98. The number of methoxy groups -OCH3 is 1. The monoisotopic (exact) mass is 465 g/mol. The lowest BCUT2D eigenvalue weighted by molar-refractivity contribution is 0.284. The highest BCUT2D eigenvalue weighted by atomic mass is 16.5. The molecule has 11 heteroatoms. The van der Waals surface area contributed by atoms with E-state index in [9.17, 15) is 10.5 Å².